The van der Waals surface area contributed by atoms with Crippen molar-refractivity contribution in [1.29, 1.82) is 0 Å². The molecule has 2 unspecified atom stereocenters. The van der Waals surface area contributed by atoms with Crippen LogP contribution in [0.1, 0.15) is 31.4 Å². The van der Waals surface area contributed by atoms with Crippen molar-refractivity contribution in [1.82, 2.24) is 10.2 Å². The summed E-state index contributed by atoms with van der Waals surface area (Å²) in [6.45, 7) is 3.79. The Morgan fingerprint density at radius 3 is 2.94 bits per heavy atom. The first-order valence-corrected chi connectivity index (χ1v) is 6.49. The third kappa shape index (κ3) is 2.54. The monoisotopic (exact) mass is 254 g/mol. The van der Waals surface area contributed by atoms with E-state index in [9.17, 15) is 8.78 Å². The molecule has 1 aliphatic heterocycles. The molecule has 1 aliphatic rings. The Morgan fingerprint density at radius 1 is 1.44 bits per heavy atom. The largest absolute Gasteiger partial charge is 0.318 e. The van der Waals surface area contributed by atoms with E-state index >= 15 is 0 Å². The fourth-order valence-corrected chi connectivity index (χ4v) is 2.84. The molecule has 1 saturated heterocycles. The molecule has 0 amide bonds. The summed E-state index contributed by atoms with van der Waals surface area (Å²) in [5.41, 5.74) is 0.456. The highest BCUT2D eigenvalue weighted by Crippen LogP contribution is 2.30. The fraction of sp³-hybridized carbons (Fsp3) is 0.571. The molecule has 1 aromatic carbocycles. The van der Waals surface area contributed by atoms with Crippen LogP contribution in [0.3, 0.4) is 0 Å². The first kappa shape index (κ1) is 13.4. The Balaban J connectivity index is 2.19. The smallest absolute Gasteiger partial charge is 0.163 e. The minimum absolute atomic E-state index is 0.0819. The first-order chi connectivity index (χ1) is 8.65. The molecule has 1 heterocycles. The molecular weight excluding hydrogens is 234 g/mol. The molecule has 2 rings (SSSR count). The first-order valence-electron chi connectivity index (χ1n) is 6.49. The summed E-state index contributed by atoms with van der Waals surface area (Å²) >= 11 is 0. The summed E-state index contributed by atoms with van der Waals surface area (Å²) in [5, 5.41) is 3.16. The molecule has 0 saturated carbocycles. The van der Waals surface area contributed by atoms with Crippen molar-refractivity contribution in [3.63, 3.8) is 0 Å². The zero-order valence-corrected chi connectivity index (χ0v) is 10.9. The van der Waals surface area contributed by atoms with E-state index in [4.69, 9.17) is 0 Å². The van der Waals surface area contributed by atoms with Crippen molar-refractivity contribution in [3.05, 3.63) is 35.4 Å². The Morgan fingerprint density at radius 2 is 2.22 bits per heavy atom. The second-order valence-corrected chi connectivity index (χ2v) is 4.91. The zero-order chi connectivity index (χ0) is 13.1. The van der Waals surface area contributed by atoms with Crippen LogP contribution in [-0.4, -0.2) is 31.1 Å². The van der Waals surface area contributed by atoms with Gasteiger partial charge in [0.15, 0.2) is 11.6 Å². The van der Waals surface area contributed by atoms with Gasteiger partial charge in [0, 0.05) is 24.2 Å². The van der Waals surface area contributed by atoms with Gasteiger partial charge in [-0.25, -0.2) is 8.78 Å². The van der Waals surface area contributed by atoms with Crippen LogP contribution in [0.25, 0.3) is 0 Å². The minimum atomic E-state index is -0.760. The van der Waals surface area contributed by atoms with Crippen LogP contribution in [0.5, 0.6) is 0 Å². The van der Waals surface area contributed by atoms with Crippen molar-refractivity contribution in [2.24, 2.45) is 0 Å². The Hall–Kier alpha value is -1.00. The van der Waals surface area contributed by atoms with Crippen LogP contribution in [0.2, 0.25) is 0 Å². The van der Waals surface area contributed by atoms with Gasteiger partial charge >= 0.3 is 0 Å². The van der Waals surface area contributed by atoms with E-state index in [2.05, 4.69) is 10.2 Å². The molecule has 0 spiro atoms. The maximum absolute atomic E-state index is 13.8. The highest BCUT2D eigenvalue weighted by atomic mass is 19.2. The van der Waals surface area contributed by atoms with E-state index < -0.39 is 11.6 Å². The van der Waals surface area contributed by atoms with Crippen LogP contribution >= 0.6 is 0 Å². The summed E-state index contributed by atoms with van der Waals surface area (Å²) < 4.78 is 27.1. The Kier molecular flexibility index (Phi) is 4.30. The lowest BCUT2D eigenvalue weighted by atomic mass is 10.0. The Labute approximate surface area is 107 Å². The second kappa shape index (κ2) is 5.76. The van der Waals surface area contributed by atoms with Crippen molar-refractivity contribution in [2.45, 2.75) is 31.8 Å². The van der Waals surface area contributed by atoms with Gasteiger partial charge in [0.1, 0.15) is 0 Å². The summed E-state index contributed by atoms with van der Waals surface area (Å²) in [6, 6.07) is 4.75. The van der Waals surface area contributed by atoms with Gasteiger partial charge in [-0.05, 0) is 39.4 Å². The second-order valence-electron chi connectivity index (χ2n) is 4.91. The number of rotatable bonds is 4. The number of halogens is 2. The molecule has 0 bridgehead atoms. The molecule has 0 aliphatic carbocycles. The Bertz CT molecular complexity index is 409. The van der Waals surface area contributed by atoms with E-state index in [1.165, 1.54) is 6.07 Å². The van der Waals surface area contributed by atoms with Gasteiger partial charge in [0.2, 0.25) is 0 Å². The average Bonchev–Trinajstić information content (AvgIpc) is 2.80. The summed E-state index contributed by atoms with van der Waals surface area (Å²) in [5.74, 6) is -1.47. The molecule has 4 heteroatoms. The summed E-state index contributed by atoms with van der Waals surface area (Å²) in [7, 11) is 1.92. The molecule has 2 atom stereocenters. The number of likely N-dealkylation sites (tertiary alicyclic amines) is 1. The number of benzene rings is 1. The molecular formula is C14H20F2N2. The minimum Gasteiger partial charge on any atom is -0.318 e. The van der Waals surface area contributed by atoms with Gasteiger partial charge in [0.25, 0.3) is 0 Å². The number of hydrogen-bond donors (Lipinski definition) is 1. The van der Waals surface area contributed by atoms with Gasteiger partial charge in [-0.3, -0.25) is 4.90 Å². The van der Waals surface area contributed by atoms with E-state index in [1.54, 1.807) is 12.1 Å². The third-order valence-electron chi connectivity index (χ3n) is 3.79. The summed E-state index contributed by atoms with van der Waals surface area (Å²) in [4.78, 5) is 2.26. The van der Waals surface area contributed by atoms with Crippen LogP contribution in [0, 0.1) is 11.6 Å². The normalized spacial score (nSPS) is 22.3. The quantitative estimate of drug-likeness (QED) is 0.888. The SMILES string of the molecule is CNCC1CCCN1C(C)c1cccc(F)c1F. The van der Waals surface area contributed by atoms with Crippen molar-refractivity contribution >= 4 is 0 Å². The molecule has 18 heavy (non-hydrogen) atoms. The fourth-order valence-electron chi connectivity index (χ4n) is 2.84. The molecule has 1 N–H and O–H groups in total. The lowest BCUT2D eigenvalue weighted by Crippen LogP contribution is -2.38. The van der Waals surface area contributed by atoms with E-state index in [1.807, 2.05) is 14.0 Å². The molecule has 1 aromatic rings. The highest BCUT2D eigenvalue weighted by molar-refractivity contribution is 5.22. The van der Waals surface area contributed by atoms with Crippen LogP contribution in [0.15, 0.2) is 18.2 Å². The molecule has 1 fully saturated rings. The summed E-state index contributed by atoms with van der Waals surface area (Å²) in [6.07, 6.45) is 2.23. The predicted molar refractivity (Wildman–Crippen MR) is 68.4 cm³/mol. The van der Waals surface area contributed by atoms with Gasteiger partial charge in [-0.15, -0.1) is 0 Å². The highest BCUT2D eigenvalue weighted by Gasteiger charge is 2.30. The van der Waals surface area contributed by atoms with Gasteiger partial charge in [-0.2, -0.15) is 0 Å². The molecule has 100 valence electrons. The number of likely N-dealkylation sites (N-methyl/N-ethyl adjacent to an activating group) is 1. The average molecular weight is 254 g/mol. The van der Waals surface area contributed by atoms with Gasteiger partial charge in [-0.1, -0.05) is 12.1 Å². The van der Waals surface area contributed by atoms with E-state index in [0.29, 0.717) is 11.6 Å². The van der Waals surface area contributed by atoms with Crippen molar-refractivity contribution in [3.8, 4) is 0 Å². The molecule has 0 radical (unpaired) electrons. The standard InChI is InChI=1S/C14H20F2N2/c1-10(12-6-3-7-13(15)14(12)16)18-8-4-5-11(18)9-17-2/h3,6-7,10-11,17H,4-5,8-9H2,1-2H3. The van der Waals surface area contributed by atoms with E-state index in [0.717, 1.165) is 25.9 Å². The van der Waals surface area contributed by atoms with Gasteiger partial charge < -0.3 is 5.32 Å². The molecule has 0 aromatic heterocycles. The zero-order valence-electron chi connectivity index (χ0n) is 10.9. The van der Waals surface area contributed by atoms with Crippen LogP contribution < -0.4 is 5.32 Å². The predicted octanol–water partition coefficient (Wildman–Crippen LogP) is 2.71. The van der Waals surface area contributed by atoms with E-state index in [-0.39, 0.29) is 6.04 Å². The maximum Gasteiger partial charge on any atom is 0.163 e. The topological polar surface area (TPSA) is 15.3 Å². The molecule has 2 nitrogen and oxygen atoms in total. The third-order valence-corrected chi connectivity index (χ3v) is 3.79. The lowest BCUT2D eigenvalue weighted by Gasteiger charge is -2.31. The van der Waals surface area contributed by atoms with Gasteiger partial charge in [0.05, 0.1) is 0 Å². The number of hydrogen-bond acceptors (Lipinski definition) is 2. The van der Waals surface area contributed by atoms with Crippen molar-refractivity contribution < 1.29 is 8.78 Å². The van der Waals surface area contributed by atoms with Crippen molar-refractivity contribution in [2.75, 3.05) is 20.1 Å². The lowest BCUT2D eigenvalue weighted by molar-refractivity contribution is 0.187. The van der Waals surface area contributed by atoms with Crippen LogP contribution in [-0.2, 0) is 0 Å². The number of nitrogens with zero attached hydrogens (tertiary/aromatic N) is 1. The number of nitrogens with one attached hydrogen (secondary N) is 1. The van der Waals surface area contributed by atoms with Crippen LogP contribution in [0.4, 0.5) is 8.78 Å². The maximum atomic E-state index is 13.8.